The summed E-state index contributed by atoms with van der Waals surface area (Å²) in [5.74, 6) is 1.75. The van der Waals surface area contributed by atoms with E-state index in [0.29, 0.717) is 12.3 Å². The summed E-state index contributed by atoms with van der Waals surface area (Å²) >= 11 is 0. The molecule has 0 N–H and O–H groups in total. The summed E-state index contributed by atoms with van der Waals surface area (Å²) in [5.41, 5.74) is 2.29. The Kier molecular flexibility index (Phi) is 5.41. The second kappa shape index (κ2) is 8.11. The number of likely N-dealkylation sites (tertiary alicyclic amines) is 1. The molecule has 2 aliphatic rings. The largest absolute Gasteiger partial charge is 0.494 e. The van der Waals surface area contributed by atoms with Crippen LogP contribution in [0.25, 0.3) is 0 Å². The van der Waals surface area contributed by atoms with E-state index in [4.69, 9.17) is 4.74 Å². The number of amides is 1. The molecule has 1 amide bonds. The molecule has 0 radical (unpaired) electrons. The monoisotopic (exact) mass is 368 g/mol. The van der Waals surface area contributed by atoms with Crippen molar-refractivity contribution in [3.8, 4) is 5.75 Å². The number of carbonyl (C=O) groups is 1. The minimum Gasteiger partial charge on any atom is -0.494 e. The van der Waals surface area contributed by atoms with Crippen molar-refractivity contribution in [2.75, 3.05) is 19.7 Å². The summed E-state index contributed by atoms with van der Waals surface area (Å²) in [6, 6.07) is 8.36. The molecule has 1 saturated heterocycles. The lowest BCUT2D eigenvalue weighted by Gasteiger charge is -2.16. The second-order valence-corrected chi connectivity index (χ2v) is 7.67. The van der Waals surface area contributed by atoms with Gasteiger partial charge in [-0.3, -0.25) is 4.79 Å². The molecule has 2 heterocycles. The lowest BCUT2D eigenvalue weighted by atomic mass is 10.1. The number of carbonyl (C=O) groups excluding carboxylic acids is 1. The third kappa shape index (κ3) is 4.49. The normalized spacial score (nSPS) is 19.4. The average molecular weight is 368 g/mol. The molecule has 1 aliphatic carbocycles. The standard InChI is InChI=1S/C21H28N4O2/c1-2-13-27-19-8-3-16(4-9-19)5-10-21(26)24-12-11-18(14-24)25-15-20(22-23-25)17-6-7-17/h3-4,8-9,15,17-18H,2,5-7,10-14H2,1H3. The molecule has 27 heavy (non-hydrogen) atoms. The van der Waals surface area contributed by atoms with Crippen LogP contribution in [0.1, 0.15) is 62.2 Å². The van der Waals surface area contributed by atoms with Crippen LogP contribution >= 0.6 is 0 Å². The third-order valence-electron chi connectivity index (χ3n) is 5.44. The molecule has 1 aliphatic heterocycles. The fraction of sp³-hybridized carbons (Fsp3) is 0.571. The Morgan fingerprint density at radius 1 is 1.22 bits per heavy atom. The minimum atomic E-state index is 0.228. The number of benzene rings is 1. The van der Waals surface area contributed by atoms with E-state index in [1.165, 1.54) is 18.4 Å². The van der Waals surface area contributed by atoms with Gasteiger partial charge in [0, 0.05) is 31.6 Å². The van der Waals surface area contributed by atoms with Crippen molar-refractivity contribution in [2.24, 2.45) is 0 Å². The minimum absolute atomic E-state index is 0.228. The molecule has 4 rings (SSSR count). The van der Waals surface area contributed by atoms with Crippen LogP contribution in [-0.4, -0.2) is 45.5 Å². The molecule has 1 atom stereocenters. The van der Waals surface area contributed by atoms with E-state index in [1.54, 1.807) is 0 Å². The summed E-state index contributed by atoms with van der Waals surface area (Å²) in [6.45, 7) is 4.39. The van der Waals surface area contributed by atoms with Gasteiger partial charge in [0.15, 0.2) is 0 Å². The van der Waals surface area contributed by atoms with Gasteiger partial charge in [-0.25, -0.2) is 4.68 Å². The lowest BCUT2D eigenvalue weighted by Crippen LogP contribution is -2.29. The highest BCUT2D eigenvalue weighted by Crippen LogP contribution is 2.39. The molecule has 6 heteroatoms. The number of hydrogen-bond acceptors (Lipinski definition) is 4. The van der Waals surface area contributed by atoms with E-state index in [2.05, 4.69) is 35.6 Å². The van der Waals surface area contributed by atoms with Gasteiger partial charge in [0.2, 0.25) is 5.91 Å². The maximum atomic E-state index is 12.6. The number of nitrogens with zero attached hydrogens (tertiary/aromatic N) is 4. The molecular formula is C21H28N4O2. The van der Waals surface area contributed by atoms with Crippen LogP contribution in [0.15, 0.2) is 30.5 Å². The lowest BCUT2D eigenvalue weighted by molar-refractivity contribution is -0.130. The first-order valence-corrected chi connectivity index (χ1v) is 10.1. The van der Waals surface area contributed by atoms with Gasteiger partial charge < -0.3 is 9.64 Å². The van der Waals surface area contributed by atoms with E-state index >= 15 is 0 Å². The van der Waals surface area contributed by atoms with Crippen LogP contribution < -0.4 is 4.74 Å². The maximum Gasteiger partial charge on any atom is 0.222 e. The van der Waals surface area contributed by atoms with Crippen LogP contribution in [-0.2, 0) is 11.2 Å². The van der Waals surface area contributed by atoms with Crippen molar-refractivity contribution < 1.29 is 9.53 Å². The summed E-state index contributed by atoms with van der Waals surface area (Å²) in [4.78, 5) is 14.6. The van der Waals surface area contributed by atoms with Crippen molar-refractivity contribution in [1.29, 1.82) is 0 Å². The van der Waals surface area contributed by atoms with E-state index in [0.717, 1.165) is 50.4 Å². The van der Waals surface area contributed by atoms with Crippen molar-refractivity contribution in [3.05, 3.63) is 41.7 Å². The summed E-state index contributed by atoms with van der Waals surface area (Å²) in [5, 5.41) is 8.59. The van der Waals surface area contributed by atoms with Gasteiger partial charge in [-0.15, -0.1) is 5.10 Å². The van der Waals surface area contributed by atoms with Crippen molar-refractivity contribution >= 4 is 5.91 Å². The number of aryl methyl sites for hydroxylation is 1. The SMILES string of the molecule is CCCOc1ccc(CCC(=O)N2CCC(n3cc(C4CC4)nn3)C2)cc1. The predicted octanol–water partition coefficient (Wildman–Crippen LogP) is 3.35. The molecule has 2 aromatic rings. The number of hydrogen-bond donors (Lipinski definition) is 0. The molecular weight excluding hydrogens is 340 g/mol. The van der Waals surface area contributed by atoms with Crippen molar-refractivity contribution in [2.45, 2.75) is 57.4 Å². The van der Waals surface area contributed by atoms with Crippen LogP contribution in [0.3, 0.4) is 0 Å². The number of aromatic nitrogens is 3. The Morgan fingerprint density at radius 2 is 2.04 bits per heavy atom. The Bertz CT molecular complexity index is 767. The zero-order valence-corrected chi connectivity index (χ0v) is 16.0. The quantitative estimate of drug-likeness (QED) is 0.717. The molecule has 0 bridgehead atoms. The topological polar surface area (TPSA) is 60.2 Å². The highest BCUT2D eigenvalue weighted by atomic mass is 16.5. The van der Waals surface area contributed by atoms with Gasteiger partial charge in [0.25, 0.3) is 0 Å². The highest BCUT2D eigenvalue weighted by molar-refractivity contribution is 5.76. The van der Waals surface area contributed by atoms with Gasteiger partial charge in [0.1, 0.15) is 5.75 Å². The first-order chi connectivity index (χ1) is 13.2. The summed E-state index contributed by atoms with van der Waals surface area (Å²) in [6.07, 6.45) is 7.83. The molecule has 1 unspecified atom stereocenters. The maximum absolute atomic E-state index is 12.6. The summed E-state index contributed by atoms with van der Waals surface area (Å²) in [7, 11) is 0. The third-order valence-corrected chi connectivity index (χ3v) is 5.44. The zero-order chi connectivity index (χ0) is 18.6. The summed E-state index contributed by atoms with van der Waals surface area (Å²) < 4.78 is 7.57. The Balaban J connectivity index is 1.25. The molecule has 0 spiro atoms. The highest BCUT2D eigenvalue weighted by Gasteiger charge is 2.30. The molecule has 1 aromatic carbocycles. The van der Waals surface area contributed by atoms with Crippen LogP contribution in [0.2, 0.25) is 0 Å². The van der Waals surface area contributed by atoms with Crippen molar-refractivity contribution in [1.82, 2.24) is 19.9 Å². The van der Waals surface area contributed by atoms with Crippen LogP contribution in [0.5, 0.6) is 5.75 Å². The van der Waals surface area contributed by atoms with Gasteiger partial charge in [-0.2, -0.15) is 0 Å². The fourth-order valence-corrected chi connectivity index (χ4v) is 3.60. The molecule has 144 valence electrons. The predicted molar refractivity (Wildman–Crippen MR) is 103 cm³/mol. The smallest absolute Gasteiger partial charge is 0.222 e. The molecule has 1 saturated carbocycles. The average Bonchev–Trinajstić information content (AvgIpc) is 3.22. The fourth-order valence-electron chi connectivity index (χ4n) is 3.60. The van der Waals surface area contributed by atoms with E-state index in [9.17, 15) is 4.79 Å². The Hall–Kier alpha value is -2.37. The van der Waals surface area contributed by atoms with E-state index in [-0.39, 0.29) is 11.9 Å². The number of rotatable bonds is 8. The first-order valence-electron chi connectivity index (χ1n) is 10.1. The van der Waals surface area contributed by atoms with Gasteiger partial charge in [-0.1, -0.05) is 24.3 Å². The Labute approximate surface area is 160 Å². The molecule has 6 nitrogen and oxygen atoms in total. The van der Waals surface area contributed by atoms with Gasteiger partial charge in [-0.05, 0) is 49.8 Å². The first kappa shape index (κ1) is 18.0. The van der Waals surface area contributed by atoms with E-state index in [1.807, 2.05) is 21.7 Å². The van der Waals surface area contributed by atoms with Gasteiger partial charge in [0.05, 0.1) is 18.3 Å². The zero-order valence-electron chi connectivity index (χ0n) is 16.0. The van der Waals surface area contributed by atoms with Crippen molar-refractivity contribution in [3.63, 3.8) is 0 Å². The second-order valence-electron chi connectivity index (χ2n) is 7.67. The van der Waals surface area contributed by atoms with E-state index < -0.39 is 0 Å². The van der Waals surface area contributed by atoms with Crippen LogP contribution in [0.4, 0.5) is 0 Å². The Morgan fingerprint density at radius 3 is 2.78 bits per heavy atom. The van der Waals surface area contributed by atoms with Gasteiger partial charge >= 0.3 is 0 Å². The molecule has 2 fully saturated rings. The molecule has 1 aromatic heterocycles. The van der Waals surface area contributed by atoms with Crippen LogP contribution in [0, 0.1) is 0 Å². The number of ether oxygens (including phenoxy) is 1.